The van der Waals surface area contributed by atoms with Crippen molar-refractivity contribution < 1.29 is 9.90 Å². The summed E-state index contributed by atoms with van der Waals surface area (Å²) in [7, 11) is 0. The van der Waals surface area contributed by atoms with E-state index in [0.717, 1.165) is 28.9 Å². The van der Waals surface area contributed by atoms with Crippen LogP contribution in [0.1, 0.15) is 31.4 Å². The van der Waals surface area contributed by atoms with Gasteiger partial charge in [-0.25, -0.2) is 4.79 Å². The van der Waals surface area contributed by atoms with Crippen LogP contribution in [0.4, 0.5) is 16.2 Å². The molecule has 1 rings (SSSR count). The van der Waals surface area contributed by atoms with Crippen molar-refractivity contribution in [1.29, 1.82) is 0 Å². The van der Waals surface area contributed by atoms with Gasteiger partial charge in [-0.1, -0.05) is 13.0 Å². The topological polar surface area (TPSA) is 52.6 Å². The van der Waals surface area contributed by atoms with Gasteiger partial charge in [-0.05, 0) is 50.5 Å². The van der Waals surface area contributed by atoms with Crippen LogP contribution in [0.5, 0.6) is 0 Å². The minimum Gasteiger partial charge on any atom is -0.465 e. The van der Waals surface area contributed by atoms with E-state index in [0.29, 0.717) is 6.54 Å². The molecule has 2 N–H and O–H groups in total. The maximum Gasteiger partial charge on any atom is 0.411 e. The smallest absolute Gasteiger partial charge is 0.411 e. The van der Waals surface area contributed by atoms with E-state index in [-0.39, 0.29) is 6.04 Å². The van der Waals surface area contributed by atoms with E-state index in [9.17, 15) is 9.90 Å². The fourth-order valence-electron chi connectivity index (χ4n) is 2.17. The minimum absolute atomic E-state index is 0.171. The molecule has 1 unspecified atom stereocenters. The van der Waals surface area contributed by atoms with Crippen LogP contribution < -0.4 is 10.2 Å². The van der Waals surface area contributed by atoms with Gasteiger partial charge in [-0.3, -0.25) is 4.90 Å². The third kappa shape index (κ3) is 3.76. The number of carbonyl (C=O) groups is 1. The molecular weight excluding hydrogens is 252 g/mol. The number of hydrogen-bond donors (Lipinski definition) is 2. The summed E-state index contributed by atoms with van der Waals surface area (Å²) in [5.41, 5.74) is 3.85. The Labute approximate surface area is 121 Å². The zero-order chi connectivity index (χ0) is 15.3. The molecule has 0 bridgehead atoms. The fraction of sp³-hybridized carbons (Fsp3) is 0.438. The second kappa shape index (κ2) is 6.98. The van der Waals surface area contributed by atoms with Gasteiger partial charge in [0.2, 0.25) is 0 Å². The Hall–Kier alpha value is -1.97. The van der Waals surface area contributed by atoms with Gasteiger partial charge < -0.3 is 10.4 Å². The van der Waals surface area contributed by atoms with Gasteiger partial charge >= 0.3 is 6.09 Å². The first-order valence-electron chi connectivity index (χ1n) is 6.91. The van der Waals surface area contributed by atoms with Crippen molar-refractivity contribution in [1.82, 2.24) is 0 Å². The molecule has 0 heterocycles. The number of rotatable bonds is 6. The predicted octanol–water partition coefficient (Wildman–Crippen LogP) is 4.18. The number of benzene rings is 1. The Morgan fingerprint density at radius 1 is 1.45 bits per heavy atom. The molecule has 0 radical (unpaired) electrons. The van der Waals surface area contributed by atoms with Gasteiger partial charge in [-0.2, -0.15) is 0 Å². The average Bonchev–Trinajstić information content (AvgIpc) is 2.39. The lowest BCUT2D eigenvalue weighted by atomic mass is 10.1. The van der Waals surface area contributed by atoms with Crippen LogP contribution in [-0.4, -0.2) is 23.8 Å². The molecule has 0 spiro atoms. The van der Waals surface area contributed by atoms with Crippen LogP contribution in [0.2, 0.25) is 0 Å². The molecule has 0 aromatic heterocycles. The normalized spacial score (nSPS) is 11.8. The van der Waals surface area contributed by atoms with Crippen molar-refractivity contribution in [2.75, 3.05) is 16.8 Å². The number of carboxylic acid groups (broad SMARTS) is 1. The number of hydrogen-bond acceptors (Lipinski definition) is 2. The maximum atomic E-state index is 11.3. The lowest BCUT2D eigenvalue weighted by Crippen LogP contribution is -2.30. The lowest BCUT2D eigenvalue weighted by molar-refractivity contribution is 0.202. The quantitative estimate of drug-likeness (QED) is 0.766. The van der Waals surface area contributed by atoms with Crippen LogP contribution in [0.15, 0.2) is 24.8 Å². The third-order valence-corrected chi connectivity index (χ3v) is 3.23. The highest BCUT2D eigenvalue weighted by Crippen LogP contribution is 2.28. The zero-order valence-electron chi connectivity index (χ0n) is 12.7. The Balaban J connectivity index is 3.14. The van der Waals surface area contributed by atoms with Gasteiger partial charge in [0, 0.05) is 24.0 Å². The van der Waals surface area contributed by atoms with E-state index >= 15 is 0 Å². The molecule has 1 aromatic carbocycles. The van der Waals surface area contributed by atoms with E-state index in [1.807, 2.05) is 45.9 Å². The first kappa shape index (κ1) is 16.1. The number of anilines is 2. The standard InChI is InChI=1S/C16H24N2O2/c1-6-8-18(16(19)20)14-9-11(3)15(12(4)10-14)17-13(5)7-2/h7,9-10,13,17H,2,6,8H2,1,3-5H3,(H,19,20). The van der Waals surface area contributed by atoms with Crippen molar-refractivity contribution >= 4 is 17.5 Å². The largest absolute Gasteiger partial charge is 0.465 e. The number of aryl methyl sites for hydroxylation is 2. The number of nitrogens with zero attached hydrogens (tertiary/aromatic N) is 1. The lowest BCUT2D eigenvalue weighted by Gasteiger charge is -2.22. The third-order valence-electron chi connectivity index (χ3n) is 3.23. The molecule has 0 saturated carbocycles. The van der Waals surface area contributed by atoms with Crippen LogP contribution in [0.25, 0.3) is 0 Å². The maximum absolute atomic E-state index is 11.3. The zero-order valence-corrected chi connectivity index (χ0v) is 12.7. The predicted molar refractivity (Wildman–Crippen MR) is 84.9 cm³/mol. The van der Waals surface area contributed by atoms with Gasteiger partial charge in [0.05, 0.1) is 0 Å². The van der Waals surface area contributed by atoms with Crippen LogP contribution in [0.3, 0.4) is 0 Å². The second-order valence-electron chi connectivity index (χ2n) is 5.06. The SMILES string of the molecule is C=CC(C)Nc1c(C)cc(N(CCC)C(=O)O)cc1C. The molecule has 1 aromatic rings. The summed E-state index contributed by atoms with van der Waals surface area (Å²) >= 11 is 0. The van der Waals surface area contributed by atoms with Crippen molar-refractivity contribution in [3.8, 4) is 0 Å². The first-order chi connectivity index (χ1) is 9.40. The van der Waals surface area contributed by atoms with E-state index in [4.69, 9.17) is 0 Å². The van der Waals surface area contributed by atoms with E-state index in [2.05, 4.69) is 11.9 Å². The van der Waals surface area contributed by atoms with Gasteiger partial charge in [0.25, 0.3) is 0 Å². The summed E-state index contributed by atoms with van der Waals surface area (Å²) < 4.78 is 0. The molecule has 1 amide bonds. The number of nitrogens with one attached hydrogen (secondary N) is 1. The molecule has 0 fully saturated rings. The molecule has 1 atom stereocenters. The Morgan fingerprint density at radius 2 is 2.00 bits per heavy atom. The van der Waals surface area contributed by atoms with Crippen LogP contribution >= 0.6 is 0 Å². The summed E-state index contributed by atoms with van der Waals surface area (Å²) in [6.45, 7) is 12.2. The monoisotopic (exact) mass is 276 g/mol. The summed E-state index contributed by atoms with van der Waals surface area (Å²) in [4.78, 5) is 12.7. The highest BCUT2D eigenvalue weighted by molar-refractivity contribution is 5.87. The van der Waals surface area contributed by atoms with Gasteiger partial charge in [-0.15, -0.1) is 6.58 Å². The number of amides is 1. The molecule has 0 aliphatic rings. The Bertz CT molecular complexity index is 474. The summed E-state index contributed by atoms with van der Waals surface area (Å²) in [6, 6.07) is 3.99. The van der Waals surface area contributed by atoms with Gasteiger partial charge in [0.15, 0.2) is 0 Å². The van der Waals surface area contributed by atoms with Crippen molar-refractivity contribution in [2.45, 2.75) is 40.2 Å². The van der Waals surface area contributed by atoms with Gasteiger partial charge in [0.1, 0.15) is 0 Å². The molecule has 110 valence electrons. The summed E-state index contributed by atoms with van der Waals surface area (Å²) in [5.74, 6) is 0. The molecule has 0 aliphatic carbocycles. The molecule has 4 nitrogen and oxygen atoms in total. The highest BCUT2D eigenvalue weighted by Gasteiger charge is 2.16. The van der Waals surface area contributed by atoms with E-state index in [1.54, 1.807) is 0 Å². The molecule has 4 heteroatoms. The van der Waals surface area contributed by atoms with Crippen molar-refractivity contribution in [3.63, 3.8) is 0 Å². The highest BCUT2D eigenvalue weighted by atomic mass is 16.4. The van der Waals surface area contributed by atoms with E-state index in [1.165, 1.54) is 4.90 Å². The second-order valence-corrected chi connectivity index (χ2v) is 5.06. The fourth-order valence-corrected chi connectivity index (χ4v) is 2.17. The summed E-state index contributed by atoms with van der Waals surface area (Å²) in [5, 5.41) is 12.7. The van der Waals surface area contributed by atoms with Crippen LogP contribution in [0, 0.1) is 13.8 Å². The Morgan fingerprint density at radius 3 is 2.40 bits per heavy atom. The minimum atomic E-state index is -0.911. The molecule has 20 heavy (non-hydrogen) atoms. The summed E-state index contributed by atoms with van der Waals surface area (Å²) in [6.07, 6.45) is 1.72. The average molecular weight is 276 g/mol. The molecular formula is C16H24N2O2. The Kier molecular flexibility index (Phi) is 5.62. The van der Waals surface area contributed by atoms with Crippen LogP contribution in [-0.2, 0) is 0 Å². The molecule has 0 saturated heterocycles. The van der Waals surface area contributed by atoms with Crippen molar-refractivity contribution in [2.24, 2.45) is 0 Å². The van der Waals surface area contributed by atoms with Crippen molar-refractivity contribution in [3.05, 3.63) is 35.9 Å². The van der Waals surface area contributed by atoms with E-state index < -0.39 is 6.09 Å². The first-order valence-corrected chi connectivity index (χ1v) is 6.91. The molecule has 0 aliphatic heterocycles.